The number of nitrogens with zero attached hydrogens (tertiary/aromatic N) is 1. The van der Waals surface area contributed by atoms with Crippen molar-refractivity contribution in [2.24, 2.45) is 11.5 Å². The Morgan fingerprint density at radius 2 is 1.69 bits per heavy atom. The fourth-order valence-electron chi connectivity index (χ4n) is 3.78. The fourth-order valence-corrected chi connectivity index (χ4v) is 4.96. The van der Waals surface area contributed by atoms with Crippen LogP contribution in [0.1, 0.15) is 24.0 Å². The van der Waals surface area contributed by atoms with Crippen LogP contribution in [0.3, 0.4) is 0 Å². The Morgan fingerprint density at radius 3 is 2.28 bits per heavy atom. The maximum absolute atomic E-state index is 13.3. The van der Waals surface area contributed by atoms with Crippen molar-refractivity contribution >= 4 is 40.7 Å². The second-order valence-corrected chi connectivity index (χ2v) is 8.14. The van der Waals surface area contributed by atoms with Gasteiger partial charge in [0.05, 0.1) is 28.2 Å². The number of aromatic nitrogens is 1. The average Bonchev–Trinajstić information content (AvgIpc) is 3.10. The number of carbonyl (C=O) groups is 2. The van der Waals surface area contributed by atoms with Gasteiger partial charge in [0.1, 0.15) is 10.5 Å². The van der Waals surface area contributed by atoms with E-state index in [9.17, 15) is 14.4 Å². The molecule has 0 unspecified atom stereocenters. The lowest BCUT2D eigenvalue weighted by atomic mass is 9.83. The monoisotopic (exact) mass is 447 g/mol. The number of amides is 1. The number of fused-ring (bicyclic) bond motifs is 1. The number of hydrogen-bond donors (Lipinski definition) is 2. The van der Waals surface area contributed by atoms with Gasteiger partial charge in [-0.05, 0) is 24.1 Å². The average molecular weight is 448 g/mol. The van der Waals surface area contributed by atoms with Crippen molar-refractivity contribution in [1.82, 2.24) is 4.57 Å². The summed E-state index contributed by atoms with van der Waals surface area (Å²) in [5, 5.41) is 0. The van der Waals surface area contributed by atoms with Crippen molar-refractivity contribution in [3.8, 4) is 0 Å². The molecule has 1 amide bonds. The topological polar surface area (TPSA) is 117 Å². The molecule has 0 aliphatic carbocycles. The van der Waals surface area contributed by atoms with Gasteiger partial charge in [0.15, 0.2) is 0 Å². The molecule has 1 aromatic heterocycles. The second-order valence-electron chi connectivity index (χ2n) is 7.11. The summed E-state index contributed by atoms with van der Waals surface area (Å²) in [7, 11) is 0. The standard InChI is InChI=1S/C24H21N3O4S/c1-2-31-24(30)18-17(15-11-7-4-8-12-15)19(21(26)28)23-27(20(18)25)22(29)16(32-23)13-14-9-5-3-6-10-14/h3-13,17H,2,25H2,1H3,(H2,26,28)/b16-13-/t17-/m0/s1. The summed E-state index contributed by atoms with van der Waals surface area (Å²) in [5.74, 6) is -2.36. The largest absolute Gasteiger partial charge is 0.463 e. The SMILES string of the molecule is CCOC(=O)C1=C(N)n2c(s/c(=C\c3ccccc3)c2=O)=C(C(N)=O)[C@H]1c1ccccc1. The van der Waals surface area contributed by atoms with E-state index in [1.807, 2.05) is 36.4 Å². The first-order valence-electron chi connectivity index (χ1n) is 9.98. The van der Waals surface area contributed by atoms with Crippen LogP contribution in [0.5, 0.6) is 0 Å². The van der Waals surface area contributed by atoms with Crippen LogP contribution in [-0.4, -0.2) is 23.1 Å². The lowest BCUT2D eigenvalue weighted by molar-refractivity contribution is -0.138. The number of esters is 1. The second kappa shape index (κ2) is 8.68. The number of ether oxygens (including phenoxy) is 1. The number of thiazole rings is 1. The number of carbonyl (C=O) groups excluding carboxylic acids is 2. The van der Waals surface area contributed by atoms with Gasteiger partial charge in [-0.25, -0.2) is 4.79 Å². The summed E-state index contributed by atoms with van der Waals surface area (Å²) in [6.07, 6.45) is 1.71. The molecule has 4 rings (SSSR count). The summed E-state index contributed by atoms with van der Waals surface area (Å²) >= 11 is 1.11. The zero-order valence-corrected chi connectivity index (χ0v) is 18.1. The van der Waals surface area contributed by atoms with Crippen LogP contribution in [-0.2, 0) is 14.3 Å². The molecule has 1 aliphatic heterocycles. The molecular weight excluding hydrogens is 426 g/mol. The molecule has 0 saturated heterocycles. The molecule has 0 saturated carbocycles. The molecule has 3 aromatic rings. The normalized spacial score (nSPS) is 16.1. The zero-order chi connectivity index (χ0) is 22.8. The van der Waals surface area contributed by atoms with Gasteiger partial charge in [-0.15, -0.1) is 11.3 Å². The highest BCUT2D eigenvalue weighted by molar-refractivity contribution is 7.07. The first-order valence-corrected chi connectivity index (χ1v) is 10.8. The van der Waals surface area contributed by atoms with Crippen molar-refractivity contribution in [3.05, 3.63) is 96.9 Å². The molecule has 7 nitrogen and oxygen atoms in total. The van der Waals surface area contributed by atoms with Gasteiger partial charge in [-0.3, -0.25) is 14.2 Å². The minimum Gasteiger partial charge on any atom is -0.463 e. The quantitative estimate of drug-likeness (QED) is 0.563. The van der Waals surface area contributed by atoms with Gasteiger partial charge < -0.3 is 16.2 Å². The van der Waals surface area contributed by atoms with Crippen molar-refractivity contribution in [1.29, 1.82) is 0 Å². The van der Waals surface area contributed by atoms with E-state index in [-0.39, 0.29) is 23.6 Å². The highest BCUT2D eigenvalue weighted by atomic mass is 32.1. The van der Waals surface area contributed by atoms with E-state index in [1.54, 1.807) is 37.3 Å². The van der Waals surface area contributed by atoms with Crippen LogP contribution < -0.4 is 26.2 Å². The summed E-state index contributed by atoms with van der Waals surface area (Å²) in [4.78, 5) is 38.9. The predicted molar refractivity (Wildman–Crippen MR) is 124 cm³/mol. The van der Waals surface area contributed by atoms with Crippen molar-refractivity contribution in [3.63, 3.8) is 0 Å². The van der Waals surface area contributed by atoms with Crippen LogP contribution in [0.15, 0.2) is 71.0 Å². The van der Waals surface area contributed by atoms with Crippen LogP contribution in [0.2, 0.25) is 0 Å². The van der Waals surface area contributed by atoms with E-state index in [2.05, 4.69) is 0 Å². The summed E-state index contributed by atoms with van der Waals surface area (Å²) < 4.78 is 7.09. The van der Waals surface area contributed by atoms with Gasteiger partial charge in [0.2, 0.25) is 5.91 Å². The van der Waals surface area contributed by atoms with Gasteiger partial charge >= 0.3 is 5.97 Å². The van der Waals surface area contributed by atoms with E-state index in [1.165, 1.54) is 4.57 Å². The summed E-state index contributed by atoms with van der Waals surface area (Å²) in [5.41, 5.74) is 13.4. The first kappa shape index (κ1) is 21.3. The Morgan fingerprint density at radius 1 is 1.06 bits per heavy atom. The van der Waals surface area contributed by atoms with Crippen molar-refractivity contribution in [2.45, 2.75) is 12.8 Å². The number of rotatable bonds is 5. The van der Waals surface area contributed by atoms with E-state index in [4.69, 9.17) is 16.2 Å². The maximum Gasteiger partial charge on any atom is 0.338 e. The molecule has 32 heavy (non-hydrogen) atoms. The zero-order valence-electron chi connectivity index (χ0n) is 17.3. The van der Waals surface area contributed by atoms with E-state index < -0.39 is 23.4 Å². The third kappa shape index (κ3) is 3.65. The van der Waals surface area contributed by atoms with E-state index in [0.29, 0.717) is 14.8 Å². The molecule has 0 fully saturated rings. The van der Waals surface area contributed by atoms with Crippen LogP contribution >= 0.6 is 11.3 Å². The Kier molecular flexibility index (Phi) is 5.79. The maximum atomic E-state index is 13.3. The van der Waals surface area contributed by atoms with Crippen molar-refractivity contribution in [2.75, 3.05) is 6.61 Å². The smallest absolute Gasteiger partial charge is 0.338 e. The lowest BCUT2D eigenvalue weighted by Gasteiger charge is -2.26. The van der Waals surface area contributed by atoms with Crippen LogP contribution in [0, 0.1) is 0 Å². The van der Waals surface area contributed by atoms with Crippen LogP contribution in [0.4, 0.5) is 0 Å². The minimum atomic E-state index is -0.852. The number of primary amides is 1. The molecule has 1 atom stereocenters. The molecule has 0 radical (unpaired) electrons. The highest BCUT2D eigenvalue weighted by Gasteiger charge is 2.38. The highest BCUT2D eigenvalue weighted by Crippen LogP contribution is 2.36. The summed E-state index contributed by atoms with van der Waals surface area (Å²) in [6, 6.07) is 18.3. The predicted octanol–water partition coefficient (Wildman–Crippen LogP) is 0.862. The molecular formula is C24H21N3O4S. The third-order valence-electron chi connectivity index (χ3n) is 5.14. The molecule has 2 aromatic carbocycles. The van der Waals surface area contributed by atoms with Crippen LogP contribution in [0.25, 0.3) is 17.5 Å². The Bertz CT molecular complexity index is 1400. The van der Waals surface area contributed by atoms with E-state index >= 15 is 0 Å². The van der Waals surface area contributed by atoms with Gasteiger partial charge in [0.25, 0.3) is 5.56 Å². The Labute approximate surface area is 187 Å². The van der Waals surface area contributed by atoms with Gasteiger partial charge in [-0.1, -0.05) is 60.7 Å². The third-order valence-corrected chi connectivity index (χ3v) is 6.25. The molecule has 4 N–H and O–H groups in total. The number of nitrogens with two attached hydrogens (primary N) is 2. The Hall–Kier alpha value is -3.91. The molecule has 1 aliphatic rings. The summed E-state index contributed by atoms with van der Waals surface area (Å²) in [6.45, 7) is 1.78. The molecule has 162 valence electrons. The molecule has 0 bridgehead atoms. The Balaban J connectivity index is 2.11. The molecule has 8 heteroatoms. The fraction of sp³-hybridized carbons (Fsp3) is 0.125. The molecule has 2 heterocycles. The molecule has 0 spiro atoms. The van der Waals surface area contributed by atoms with Gasteiger partial charge in [-0.2, -0.15) is 0 Å². The van der Waals surface area contributed by atoms with Crippen molar-refractivity contribution < 1.29 is 14.3 Å². The van der Waals surface area contributed by atoms with Gasteiger partial charge in [0, 0.05) is 0 Å². The number of benzene rings is 2. The minimum absolute atomic E-state index is 0.0190. The van der Waals surface area contributed by atoms with E-state index in [0.717, 1.165) is 16.9 Å². The first-order chi connectivity index (χ1) is 15.4. The number of hydrogen-bond acceptors (Lipinski definition) is 6. The lowest BCUT2D eigenvalue weighted by Crippen LogP contribution is -2.42.